The molecule has 0 aromatic carbocycles. The largest absolute Gasteiger partial charge is 0.424 e. The van der Waals surface area contributed by atoms with Crippen molar-refractivity contribution in [3.05, 3.63) is 23.8 Å². The predicted molar refractivity (Wildman–Crippen MR) is 63.1 cm³/mol. The van der Waals surface area contributed by atoms with E-state index in [-0.39, 0.29) is 5.57 Å². The topological polar surface area (TPSA) is 29.5 Å². The standard InChI is InChI=1S/C13H19F3O2/c1-10(2,3)9-8-11(4,18-5)6-7-12(9,17)13(14,15)16/h6-8,17H,1-5H3/t11-,12-/m1/s1. The van der Waals surface area contributed by atoms with E-state index >= 15 is 0 Å². The van der Waals surface area contributed by atoms with Crippen LogP contribution < -0.4 is 0 Å². The molecule has 0 bridgehead atoms. The number of ether oxygens (including phenoxy) is 1. The van der Waals surface area contributed by atoms with E-state index in [1.165, 1.54) is 19.3 Å². The Kier molecular flexibility index (Phi) is 3.47. The van der Waals surface area contributed by atoms with Crippen LogP contribution in [0.5, 0.6) is 0 Å². The lowest BCUT2D eigenvalue weighted by Crippen LogP contribution is -2.51. The predicted octanol–water partition coefficient (Wildman–Crippen LogP) is 3.23. The highest BCUT2D eigenvalue weighted by Crippen LogP contribution is 2.48. The van der Waals surface area contributed by atoms with E-state index in [0.717, 1.165) is 6.08 Å². The van der Waals surface area contributed by atoms with E-state index < -0.39 is 22.8 Å². The first-order valence-corrected chi connectivity index (χ1v) is 5.64. The molecule has 18 heavy (non-hydrogen) atoms. The maximum atomic E-state index is 13.1. The summed E-state index contributed by atoms with van der Waals surface area (Å²) in [4.78, 5) is 0. The molecule has 0 radical (unpaired) electrons. The zero-order chi connectivity index (χ0) is 14.4. The lowest BCUT2D eigenvalue weighted by molar-refractivity contribution is -0.230. The van der Waals surface area contributed by atoms with Crippen molar-refractivity contribution in [2.24, 2.45) is 5.41 Å². The van der Waals surface area contributed by atoms with Crippen LogP contribution in [-0.2, 0) is 4.74 Å². The summed E-state index contributed by atoms with van der Waals surface area (Å²) in [5, 5.41) is 10.00. The molecule has 0 saturated heterocycles. The monoisotopic (exact) mass is 264 g/mol. The van der Waals surface area contributed by atoms with Gasteiger partial charge in [0.15, 0.2) is 0 Å². The molecule has 1 aliphatic rings. The van der Waals surface area contributed by atoms with Gasteiger partial charge >= 0.3 is 6.18 Å². The number of methoxy groups -OCH3 is 1. The maximum Gasteiger partial charge on any atom is 0.424 e. The van der Waals surface area contributed by atoms with Gasteiger partial charge in [0.05, 0.1) is 0 Å². The first kappa shape index (κ1) is 15.2. The Morgan fingerprint density at radius 2 is 1.67 bits per heavy atom. The minimum Gasteiger partial charge on any atom is -0.373 e. The van der Waals surface area contributed by atoms with E-state index in [0.29, 0.717) is 0 Å². The van der Waals surface area contributed by atoms with Crippen molar-refractivity contribution < 1.29 is 23.0 Å². The first-order valence-electron chi connectivity index (χ1n) is 5.64. The van der Waals surface area contributed by atoms with Gasteiger partial charge in [-0.3, -0.25) is 0 Å². The maximum absolute atomic E-state index is 13.1. The summed E-state index contributed by atoms with van der Waals surface area (Å²) < 4.78 is 44.4. The summed E-state index contributed by atoms with van der Waals surface area (Å²) in [7, 11) is 1.42. The van der Waals surface area contributed by atoms with Crippen molar-refractivity contribution >= 4 is 0 Å². The molecule has 1 aliphatic carbocycles. The number of hydrogen-bond donors (Lipinski definition) is 1. The minimum atomic E-state index is -4.75. The van der Waals surface area contributed by atoms with E-state index in [1.54, 1.807) is 27.7 Å². The van der Waals surface area contributed by atoms with Gasteiger partial charge in [0.25, 0.3) is 0 Å². The van der Waals surface area contributed by atoms with Gasteiger partial charge in [-0.25, -0.2) is 0 Å². The second-order valence-corrected chi connectivity index (χ2v) is 5.79. The van der Waals surface area contributed by atoms with Crippen molar-refractivity contribution in [1.29, 1.82) is 0 Å². The van der Waals surface area contributed by atoms with Gasteiger partial charge in [-0.1, -0.05) is 20.8 Å². The molecule has 0 saturated carbocycles. The molecular weight excluding hydrogens is 245 g/mol. The van der Waals surface area contributed by atoms with Gasteiger partial charge in [-0.05, 0) is 36.1 Å². The van der Waals surface area contributed by atoms with Crippen molar-refractivity contribution in [3.63, 3.8) is 0 Å². The average molecular weight is 264 g/mol. The fourth-order valence-corrected chi connectivity index (χ4v) is 1.98. The Morgan fingerprint density at radius 3 is 2.00 bits per heavy atom. The third-order valence-corrected chi connectivity index (χ3v) is 3.18. The summed E-state index contributed by atoms with van der Waals surface area (Å²) >= 11 is 0. The molecule has 5 heteroatoms. The van der Waals surface area contributed by atoms with E-state index in [4.69, 9.17) is 4.74 Å². The van der Waals surface area contributed by atoms with Crippen LogP contribution in [0, 0.1) is 5.41 Å². The number of aliphatic hydroxyl groups is 1. The van der Waals surface area contributed by atoms with Crippen LogP contribution in [0.3, 0.4) is 0 Å². The molecule has 2 nitrogen and oxygen atoms in total. The van der Waals surface area contributed by atoms with Gasteiger partial charge in [0.1, 0.15) is 5.60 Å². The van der Waals surface area contributed by atoms with Gasteiger partial charge in [0, 0.05) is 7.11 Å². The van der Waals surface area contributed by atoms with Crippen molar-refractivity contribution in [1.82, 2.24) is 0 Å². The molecule has 2 atom stereocenters. The molecule has 0 amide bonds. The van der Waals surface area contributed by atoms with Gasteiger partial charge < -0.3 is 9.84 Å². The van der Waals surface area contributed by atoms with Gasteiger partial charge in [-0.15, -0.1) is 0 Å². The molecule has 1 N–H and O–H groups in total. The van der Waals surface area contributed by atoms with Gasteiger partial charge in [0.2, 0.25) is 5.60 Å². The Morgan fingerprint density at radius 1 is 1.17 bits per heavy atom. The van der Waals surface area contributed by atoms with E-state index in [9.17, 15) is 18.3 Å². The summed E-state index contributed by atoms with van der Waals surface area (Å²) in [6, 6.07) is 0. The number of hydrogen-bond acceptors (Lipinski definition) is 2. The molecule has 1 rings (SSSR count). The highest BCUT2D eigenvalue weighted by molar-refractivity contribution is 5.41. The molecule has 0 aliphatic heterocycles. The van der Waals surface area contributed by atoms with E-state index in [1.807, 2.05) is 0 Å². The fraction of sp³-hybridized carbons (Fsp3) is 0.692. The molecule has 104 valence electrons. The molecule has 0 fully saturated rings. The van der Waals surface area contributed by atoms with Crippen LogP contribution in [0.1, 0.15) is 27.7 Å². The number of alkyl halides is 3. The number of rotatable bonds is 1. The van der Waals surface area contributed by atoms with Crippen LogP contribution in [0.2, 0.25) is 0 Å². The van der Waals surface area contributed by atoms with Crippen LogP contribution in [0.25, 0.3) is 0 Å². The molecule has 0 unspecified atom stereocenters. The highest BCUT2D eigenvalue weighted by Gasteiger charge is 2.58. The molecule has 0 aromatic rings. The fourth-order valence-electron chi connectivity index (χ4n) is 1.98. The van der Waals surface area contributed by atoms with Crippen molar-refractivity contribution in [3.8, 4) is 0 Å². The second kappa shape index (κ2) is 4.10. The van der Waals surface area contributed by atoms with E-state index in [2.05, 4.69) is 0 Å². The smallest absolute Gasteiger partial charge is 0.373 e. The highest BCUT2D eigenvalue weighted by atomic mass is 19.4. The van der Waals surface area contributed by atoms with Crippen LogP contribution in [-0.4, -0.2) is 29.6 Å². The minimum absolute atomic E-state index is 0.102. The Labute approximate surface area is 105 Å². The summed E-state index contributed by atoms with van der Waals surface area (Å²) in [5.74, 6) is 0. The Bertz CT molecular complexity index is 390. The Hall–Kier alpha value is -0.810. The van der Waals surface area contributed by atoms with Crippen LogP contribution in [0.4, 0.5) is 13.2 Å². The molecule has 0 spiro atoms. The van der Waals surface area contributed by atoms with Crippen molar-refractivity contribution in [2.75, 3.05) is 7.11 Å². The zero-order valence-electron chi connectivity index (χ0n) is 11.2. The third kappa shape index (κ3) is 2.47. The third-order valence-electron chi connectivity index (χ3n) is 3.18. The first-order chi connectivity index (χ1) is 7.86. The van der Waals surface area contributed by atoms with Crippen molar-refractivity contribution in [2.45, 2.75) is 45.1 Å². The number of halogens is 3. The van der Waals surface area contributed by atoms with Crippen LogP contribution >= 0.6 is 0 Å². The lowest BCUT2D eigenvalue weighted by atomic mass is 9.70. The molecule has 0 aromatic heterocycles. The second-order valence-electron chi connectivity index (χ2n) is 5.79. The lowest BCUT2D eigenvalue weighted by Gasteiger charge is -2.42. The molecule has 0 heterocycles. The van der Waals surface area contributed by atoms with Gasteiger partial charge in [-0.2, -0.15) is 13.2 Å². The average Bonchev–Trinajstić information content (AvgIpc) is 2.19. The Balaban J connectivity index is 3.42. The summed E-state index contributed by atoms with van der Waals surface area (Å²) in [6.45, 7) is 6.53. The summed E-state index contributed by atoms with van der Waals surface area (Å²) in [6.07, 6.45) is -1.40. The quantitative estimate of drug-likeness (QED) is 0.737. The molecular formula is C13H19F3O2. The zero-order valence-corrected chi connectivity index (χ0v) is 11.2. The SMILES string of the molecule is CO[C@]1(C)C=C[C@](O)(C(F)(F)F)C(C(C)(C)C)=C1. The summed E-state index contributed by atoms with van der Waals surface area (Å²) in [5.41, 5.74) is -4.78. The normalized spacial score (nSPS) is 33.5. The van der Waals surface area contributed by atoms with Crippen LogP contribution in [0.15, 0.2) is 23.8 Å².